The molecule has 92 valence electrons. The van der Waals surface area contributed by atoms with Crippen LogP contribution in [0.2, 0.25) is 0 Å². The second-order valence-electron chi connectivity index (χ2n) is 4.02. The molecule has 0 amide bonds. The molecule has 2 rings (SSSR count). The van der Waals surface area contributed by atoms with Crippen LogP contribution in [0.1, 0.15) is 16.1 Å². The van der Waals surface area contributed by atoms with Crippen LogP contribution in [0.4, 0.5) is 11.5 Å². The van der Waals surface area contributed by atoms with Gasteiger partial charge in [-0.15, -0.1) is 0 Å². The fourth-order valence-electron chi connectivity index (χ4n) is 1.74. The highest BCUT2D eigenvalue weighted by molar-refractivity contribution is 5.94. The second-order valence-corrected chi connectivity index (χ2v) is 4.02. The number of hydrogen-bond acceptors (Lipinski definition) is 3. The van der Waals surface area contributed by atoms with E-state index in [1.54, 1.807) is 17.0 Å². The summed E-state index contributed by atoms with van der Waals surface area (Å²) in [6, 6.07) is 12.8. The first-order valence-corrected chi connectivity index (χ1v) is 5.59. The Bertz CT molecular complexity index is 567. The van der Waals surface area contributed by atoms with Gasteiger partial charge in [0.05, 0.1) is 0 Å². The van der Waals surface area contributed by atoms with Crippen molar-refractivity contribution in [2.75, 3.05) is 11.9 Å². The van der Waals surface area contributed by atoms with Crippen LogP contribution in [0.5, 0.6) is 0 Å². The van der Waals surface area contributed by atoms with Gasteiger partial charge < -0.3 is 10.0 Å². The maximum Gasteiger partial charge on any atom is 0.339 e. The number of carboxylic acids is 1. The first kappa shape index (κ1) is 12.1. The van der Waals surface area contributed by atoms with Gasteiger partial charge in [-0.3, -0.25) is 0 Å². The average Bonchev–Trinajstić information content (AvgIpc) is 2.38. The largest absolute Gasteiger partial charge is 0.478 e. The van der Waals surface area contributed by atoms with Gasteiger partial charge >= 0.3 is 5.97 Å². The topological polar surface area (TPSA) is 53.4 Å². The highest BCUT2D eigenvalue weighted by Crippen LogP contribution is 2.25. The average molecular weight is 242 g/mol. The van der Waals surface area contributed by atoms with Crippen LogP contribution in [0.15, 0.2) is 42.5 Å². The lowest BCUT2D eigenvalue weighted by Gasteiger charge is -2.20. The van der Waals surface area contributed by atoms with E-state index < -0.39 is 5.97 Å². The molecule has 0 fully saturated rings. The number of aromatic nitrogens is 1. The van der Waals surface area contributed by atoms with Crippen LogP contribution < -0.4 is 4.90 Å². The molecule has 0 radical (unpaired) electrons. The Morgan fingerprint density at radius 2 is 1.83 bits per heavy atom. The van der Waals surface area contributed by atoms with Crippen molar-refractivity contribution < 1.29 is 9.90 Å². The smallest absolute Gasteiger partial charge is 0.339 e. The Labute approximate surface area is 106 Å². The van der Waals surface area contributed by atoms with E-state index in [-0.39, 0.29) is 5.56 Å². The standard InChI is InChI=1S/C14H14N2O2/c1-10-8-9-12(14(17)18)13(15-10)16(2)11-6-4-3-5-7-11/h3-9H,1-2H3,(H,17,18). The number of benzene rings is 1. The molecular formula is C14H14N2O2. The lowest BCUT2D eigenvalue weighted by atomic mass is 10.2. The molecule has 1 aromatic heterocycles. The quantitative estimate of drug-likeness (QED) is 0.899. The summed E-state index contributed by atoms with van der Waals surface area (Å²) >= 11 is 0. The molecule has 18 heavy (non-hydrogen) atoms. The Balaban J connectivity index is 2.50. The molecule has 0 saturated carbocycles. The number of rotatable bonds is 3. The minimum absolute atomic E-state index is 0.201. The molecule has 0 bridgehead atoms. The van der Waals surface area contributed by atoms with Crippen molar-refractivity contribution in [3.8, 4) is 0 Å². The van der Waals surface area contributed by atoms with Crippen molar-refractivity contribution in [3.63, 3.8) is 0 Å². The van der Waals surface area contributed by atoms with Crippen molar-refractivity contribution in [1.29, 1.82) is 0 Å². The van der Waals surface area contributed by atoms with Crippen molar-refractivity contribution in [2.45, 2.75) is 6.92 Å². The molecule has 4 heteroatoms. The lowest BCUT2D eigenvalue weighted by molar-refractivity contribution is 0.0697. The van der Waals surface area contributed by atoms with Gasteiger partial charge in [0.2, 0.25) is 0 Å². The molecule has 0 atom stereocenters. The van der Waals surface area contributed by atoms with Crippen LogP contribution in [0.3, 0.4) is 0 Å². The van der Waals surface area contributed by atoms with Gasteiger partial charge in [-0.05, 0) is 31.2 Å². The fourth-order valence-corrected chi connectivity index (χ4v) is 1.74. The monoisotopic (exact) mass is 242 g/mol. The number of pyridine rings is 1. The Morgan fingerprint density at radius 1 is 1.17 bits per heavy atom. The van der Waals surface area contributed by atoms with E-state index in [1.807, 2.05) is 44.3 Å². The molecule has 1 N–H and O–H groups in total. The molecule has 0 spiro atoms. The summed E-state index contributed by atoms with van der Waals surface area (Å²) < 4.78 is 0. The van der Waals surface area contributed by atoms with Gasteiger partial charge in [0.25, 0.3) is 0 Å². The van der Waals surface area contributed by atoms with Crippen LogP contribution in [0.25, 0.3) is 0 Å². The summed E-state index contributed by atoms with van der Waals surface area (Å²) in [5.74, 6) is -0.519. The Kier molecular flexibility index (Phi) is 3.28. The molecule has 0 aliphatic carbocycles. The highest BCUT2D eigenvalue weighted by Gasteiger charge is 2.16. The van der Waals surface area contributed by atoms with E-state index >= 15 is 0 Å². The number of anilines is 2. The van der Waals surface area contributed by atoms with E-state index in [9.17, 15) is 9.90 Å². The highest BCUT2D eigenvalue weighted by atomic mass is 16.4. The summed E-state index contributed by atoms with van der Waals surface area (Å²) in [5.41, 5.74) is 1.89. The van der Waals surface area contributed by atoms with Gasteiger partial charge in [-0.1, -0.05) is 18.2 Å². The van der Waals surface area contributed by atoms with Crippen molar-refractivity contribution in [1.82, 2.24) is 4.98 Å². The number of aryl methyl sites for hydroxylation is 1. The molecule has 0 aliphatic heterocycles. The minimum Gasteiger partial charge on any atom is -0.478 e. The maximum atomic E-state index is 11.2. The zero-order chi connectivity index (χ0) is 13.1. The molecule has 1 aromatic carbocycles. The zero-order valence-electron chi connectivity index (χ0n) is 10.3. The molecule has 4 nitrogen and oxygen atoms in total. The predicted octanol–water partition coefficient (Wildman–Crippen LogP) is 2.86. The third-order valence-electron chi connectivity index (χ3n) is 2.71. The second kappa shape index (κ2) is 4.87. The van der Waals surface area contributed by atoms with E-state index in [4.69, 9.17) is 0 Å². The maximum absolute atomic E-state index is 11.2. The molecule has 0 unspecified atom stereocenters. The minimum atomic E-state index is -0.972. The predicted molar refractivity (Wildman–Crippen MR) is 70.4 cm³/mol. The van der Waals surface area contributed by atoms with Gasteiger partial charge in [-0.25, -0.2) is 9.78 Å². The molecule has 0 aliphatic rings. The van der Waals surface area contributed by atoms with Crippen molar-refractivity contribution >= 4 is 17.5 Å². The normalized spacial score (nSPS) is 10.1. The molecular weight excluding hydrogens is 228 g/mol. The van der Waals surface area contributed by atoms with Crippen LogP contribution in [0, 0.1) is 6.92 Å². The van der Waals surface area contributed by atoms with Gasteiger partial charge in [0.1, 0.15) is 11.4 Å². The Morgan fingerprint density at radius 3 is 2.44 bits per heavy atom. The SMILES string of the molecule is Cc1ccc(C(=O)O)c(N(C)c2ccccc2)n1. The zero-order valence-corrected chi connectivity index (χ0v) is 10.3. The van der Waals surface area contributed by atoms with E-state index in [0.717, 1.165) is 11.4 Å². The number of aromatic carboxylic acids is 1. The first-order valence-electron chi connectivity index (χ1n) is 5.59. The number of para-hydroxylation sites is 1. The van der Waals surface area contributed by atoms with E-state index in [0.29, 0.717) is 5.82 Å². The summed E-state index contributed by atoms with van der Waals surface area (Å²) in [7, 11) is 1.81. The number of carbonyl (C=O) groups is 1. The van der Waals surface area contributed by atoms with Crippen LogP contribution >= 0.6 is 0 Å². The van der Waals surface area contributed by atoms with Gasteiger partial charge in [0.15, 0.2) is 0 Å². The fraction of sp³-hybridized carbons (Fsp3) is 0.143. The summed E-state index contributed by atoms with van der Waals surface area (Å²) in [6.45, 7) is 1.84. The number of hydrogen-bond donors (Lipinski definition) is 1. The van der Waals surface area contributed by atoms with E-state index in [1.165, 1.54) is 0 Å². The van der Waals surface area contributed by atoms with Gasteiger partial charge in [0, 0.05) is 18.4 Å². The third-order valence-corrected chi connectivity index (χ3v) is 2.71. The number of nitrogens with zero attached hydrogens (tertiary/aromatic N) is 2. The molecule has 0 saturated heterocycles. The van der Waals surface area contributed by atoms with Crippen LogP contribution in [-0.4, -0.2) is 23.1 Å². The van der Waals surface area contributed by atoms with Gasteiger partial charge in [-0.2, -0.15) is 0 Å². The number of carboxylic acid groups (broad SMARTS) is 1. The summed E-state index contributed by atoms with van der Waals surface area (Å²) in [6.07, 6.45) is 0. The third kappa shape index (κ3) is 2.32. The lowest BCUT2D eigenvalue weighted by Crippen LogP contribution is -2.16. The van der Waals surface area contributed by atoms with Crippen LogP contribution in [-0.2, 0) is 0 Å². The van der Waals surface area contributed by atoms with E-state index in [2.05, 4.69) is 4.98 Å². The summed E-state index contributed by atoms with van der Waals surface area (Å²) in [5, 5.41) is 9.19. The molecule has 1 heterocycles. The van der Waals surface area contributed by atoms with Crippen molar-refractivity contribution in [3.05, 3.63) is 53.7 Å². The van der Waals surface area contributed by atoms with Crippen molar-refractivity contribution in [2.24, 2.45) is 0 Å². The molecule has 2 aromatic rings. The Hall–Kier alpha value is -2.36. The first-order chi connectivity index (χ1) is 8.59. The summed E-state index contributed by atoms with van der Waals surface area (Å²) in [4.78, 5) is 17.3.